The summed E-state index contributed by atoms with van der Waals surface area (Å²) in [7, 11) is 0. The van der Waals surface area contributed by atoms with E-state index in [9.17, 15) is 9.90 Å². The van der Waals surface area contributed by atoms with Crippen molar-refractivity contribution in [3.63, 3.8) is 0 Å². The number of hydrogen-bond acceptors (Lipinski definition) is 4. The zero-order valence-electron chi connectivity index (χ0n) is 12.8. The lowest BCUT2D eigenvalue weighted by atomic mass is 9.79. The van der Waals surface area contributed by atoms with Crippen molar-refractivity contribution in [2.75, 3.05) is 19.8 Å². The van der Waals surface area contributed by atoms with E-state index in [2.05, 4.69) is 5.32 Å². The Labute approximate surface area is 130 Å². The second-order valence-electron chi connectivity index (χ2n) is 6.43. The summed E-state index contributed by atoms with van der Waals surface area (Å²) in [5.41, 5.74) is 0.457. The van der Waals surface area contributed by atoms with Crippen molar-refractivity contribution in [1.82, 2.24) is 5.32 Å². The van der Waals surface area contributed by atoms with E-state index in [1.807, 2.05) is 30.7 Å². The quantitative estimate of drug-likeness (QED) is 0.849. The molecule has 118 valence electrons. The molecule has 0 aromatic carbocycles. The molecule has 21 heavy (non-hydrogen) atoms. The van der Waals surface area contributed by atoms with Gasteiger partial charge in [0.1, 0.15) is 0 Å². The maximum Gasteiger partial charge on any atom is 0.225 e. The second kappa shape index (κ2) is 7.38. The van der Waals surface area contributed by atoms with Crippen molar-refractivity contribution in [3.8, 4) is 0 Å². The van der Waals surface area contributed by atoms with Crippen LogP contribution in [0, 0.1) is 11.3 Å². The summed E-state index contributed by atoms with van der Waals surface area (Å²) in [6.07, 6.45) is 2.32. The third-order valence-electron chi connectivity index (χ3n) is 4.14. The van der Waals surface area contributed by atoms with Gasteiger partial charge < -0.3 is 15.2 Å². The predicted octanol–water partition coefficient (Wildman–Crippen LogP) is 2.74. The van der Waals surface area contributed by atoms with Crippen molar-refractivity contribution < 1.29 is 14.6 Å². The molecule has 1 aliphatic heterocycles. The minimum atomic E-state index is -0.626. The Balaban J connectivity index is 1.80. The molecule has 1 unspecified atom stereocenters. The van der Waals surface area contributed by atoms with Crippen LogP contribution in [0.3, 0.4) is 0 Å². The molecule has 4 nitrogen and oxygen atoms in total. The molecule has 2 rings (SSSR count). The summed E-state index contributed by atoms with van der Waals surface area (Å²) < 4.78 is 5.36. The molecule has 0 bridgehead atoms. The molecule has 0 radical (unpaired) electrons. The van der Waals surface area contributed by atoms with E-state index in [1.165, 1.54) is 0 Å². The molecular weight excluding hydrogens is 286 g/mol. The molecule has 2 heterocycles. The lowest BCUT2D eigenvalue weighted by Gasteiger charge is -2.31. The summed E-state index contributed by atoms with van der Waals surface area (Å²) in [6.45, 7) is 5.84. The molecule has 1 atom stereocenters. The molecule has 1 aromatic rings. The Morgan fingerprint density at radius 3 is 2.86 bits per heavy atom. The zero-order valence-corrected chi connectivity index (χ0v) is 13.6. The minimum Gasteiger partial charge on any atom is -0.387 e. The highest BCUT2D eigenvalue weighted by molar-refractivity contribution is 7.07. The van der Waals surface area contributed by atoms with Crippen LogP contribution in [0.1, 0.15) is 44.8 Å². The molecule has 0 spiro atoms. The molecular formula is C16H25NO3S. The third kappa shape index (κ3) is 4.80. The van der Waals surface area contributed by atoms with Crippen LogP contribution in [0.5, 0.6) is 0 Å². The summed E-state index contributed by atoms with van der Waals surface area (Å²) >= 11 is 1.55. The van der Waals surface area contributed by atoms with Gasteiger partial charge in [0.2, 0.25) is 5.91 Å². The Bertz CT molecular complexity index is 438. The summed E-state index contributed by atoms with van der Waals surface area (Å²) in [5, 5.41) is 16.7. The largest absolute Gasteiger partial charge is 0.387 e. The van der Waals surface area contributed by atoms with Crippen LogP contribution in [-0.4, -0.2) is 30.8 Å². The fourth-order valence-electron chi connectivity index (χ4n) is 2.78. The summed E-state index contributed by atoms with van der Waals surface area (Å²) in [5.74, 6) is 0.574. The van der Waals surface area contributed by atoms with E-state index < -0.39 is 11.5 Å². The fraction of sp³-hybridized carbons (Fsp3) is 0.688. The number of hydrogen-bond donors (Lipinski definition) is 2. The van der Waals surface area contributed by atoms with E-state index in [1.54, 1.807) is 11.3 Å². The van der Waals surface area contributed by atoms with Gasteiger partial charge in [0.05, 0.1) is 6.10 Å². The smallest absolute Gasteiger partial charge is 0.225 e. The van der Waals surface area contributed by atoms with Crippen LogP contribution in [0.2, 0.25) is 0 Å². The number of nitrogens with one attached hydrogen (secondary N) is 1. The monoisotopic (exact) mass is 311 g/mol. The average Bonchev–Trinajstić information content (AvgIpc) is 2.99. The van der Waals surface area contributed by atoms with Gasteiger partial charge in [0.25, 0.3) is 0 Å². The van der Waals surface area contributed by atoms with Crippen molar-refractivity contribution in [2.24, 2.45) is 11.3 Å². The third-order valence-corrected chi connectivity index (χ3v) is 4.84. The molecule has 1 fully saturated rings. The highest BCUT2D eigenvalue weighted by Gasteiger charge is 2.31. The minimum absolute atomic E-state index is 0.0169. The predicted molar refractivity (Wildman–Crippen MR) is 84.2 cm³/mol. The van der Waals surface area contributed by atoms with Gasteiger partial charge in [-0.25, -0.2) is 0 Å². The van der Waals surface area contributed by atoms with Gasteiger partial charge in [-0.2, -0.15) is 11.3 Å². The van der Waals surface area contributed by atoms with Gasteiger partial charge in [-0.15, -0.1) is 0 Å². The molecule has 5 heteroatoms. The Hall–Kier alpha value is -0.910. The first-order chi connectivity index (χ1) is 9.99. The average molecular weight is 311 g/mol. The number of carbonyl (C=O) groups excluding carboxylic acids is 1. The van der Waals surface area contributed by atoms with Gasteiger partial charge >= 0.3 is 0 Å². The van der Waals surface area contributed by atoms with E-state index >= 15 is 0 Å². The number of carbonyl (C=O) groups is 1. The second-order valence-corrected chi connectivity index (χ2v) is 7.21. The maximum atomic E-state index is 12.4. The van der Waals surface area contributed by atoms with Gasteiger partial charge in [0.15, 0.2) is 0 Å². The number of rotatable bonds is 6. The number of aliphatic hydroxyl groups is 1. The van der Waals surface area contributed by atoms with Crippen LogP contribution in [-0.2, 0) is 9.53 Å². The SMILES string of the molecule is CC(C)(CC1CCOCC1)C(=O)NCC(O)c1ccsc1. The van der Waals surface area contributed by atoms with Crippen LogP contribution >= 0.6 is 11.3 Å². The first kappa shape index (κ1) is 16.5. The maximum absolute atomic E-state index is 12.4. The normalized spacial score (nSPS) is 18.4. The number of ether oxygens (including phenoxy) is 1. The summed E-state index contributed by atoms with van der Waals surface area (Å²) in [4.78, 5) is 12.4. The molecule has 0 aliphatic carbocycles. The fourth-order valence-corrected chi connectivity index (χ4v) is 3.48. The van der Waals surface area contributed by atoms with Crippen LogP contribution in [0.4, 0.5) is 0 Å². The zero-order chi connectivity index (χ0) is 15.3. The molecule has 1 aliphatic rings. The van der Waals surface area contributed by atoms with Crippen LogP contribution in [0.25, 0.3) is 0 Å². The van der Waals surface area contributed by atoms with Gasteiger partial charge in [-0.3, -0.25) is 4.79 Å². The molecule has 1 saturated heterocycles. The van der Waals surface area contributed by atoms with Gasteiger partial charge in [0, 0.05) is 25.2 Å². The molecule has 1 amide bonds. The van der Waals surface area contributed by atoms with E-state index in [4.69, 9.17) is 4.74 Å². The number of thiophene rings is 1. The molecule has 0 saturated carbocycles. The summed E-state index contributed by atoms with van der Waals surface area (Å²) in [6, 6.07) is 1.88. The molecule has 1 aromatic heterocycles. The lowest BCUT2D eigenvalue weighted by Crippen LogP contribution is -2.40. The van der Waals surface area contributed by atoms with E-state index in [-0.39, 0.29) is 12.5 Å². The van der Waals surface area contributed by atoms with E-state index in [0.29, 0.717) is 5.92 Å². The van der Waals surface area contributed by atoms with Crippen LogP contribution < -0.4 is 5.32 Å². The Morgan fingerprint density at radius 2 is 2.24 bits per heavy atom. The first-order valence-corrected chi connectivity index (χ1v) is 8.49. The standard InChI is InChI=1S/C16H25NO3S/c1-16(2,9-12-3-6-20-7-4-12)15(19)17-10-14(18)13-5-8-21-11-13/h5,8,11-12,14,18H,3-4,6-7,9-10H2,1-2H3,(H,17,19). The lowest BCUT2D eigenvalue weighted by molar-refractivity contribution is -0.131. The molecule has 2 N–H and O–H groups in total. The van der Waals surface area contributed by atoms with Gasteiger partial charge in [-0.1, -0.05) is 13.8 Å². The van der Waals surface area contributed by atoms with Gasteiger partial charge in [-0.05, 0) is 47.6 Å². The Kier molecular flexibility index (Phi) is 5.79. The first-order valence-electron chi connectivity index (χ1n) is 7.55. The highest BCUT2D eigenvalue weighted by atomic mass is 32.1. The highest BCUT2D eigenvalue weighted by Crippen LogP contribution is 2.31. The van der Waals surface area contributed by atoms with E-state index in [0.717, 1.165) is 38.0 Å². The van der Waals surface area contributed by atoms with Crippen molar-refractivity contribution >= 4 is 17.2 Å². The Morgan fingerprint density at radius 1 is 1.52 bits per heavy atom. The van der Waals surface area contributed by atoms with Crippen molar-refractivity contribution in [3.05, 3.63) is 22.4 Å². The number of amides is 1. The topological polar surface area (TPSA) is 58.6 Å². The van der Waals surface area contributed by atoms with Crippen LogP contribution in [0.15, 0.2) is 16.8 Å². The van der Waals surface area contributed by atoms with Crippen molar-refractivity contribution in [2.45, 2.75) is 39.2 Å². The number of aliphatic hydroxyl groups excluding tert-OH is 1. The van der Waals surface area contributed by atoms with Crippen molar-refractivity contribution in [1.29, 1.82) is 0 Å².